The third-order valence-electron chi connectivity index (χ3n) is 4.48. The van der Waals surface area contributed by atoms with Crippen molar-refractivity contribution in [3.05, 3.63) is 53.6 Å². The number of halogens is 1. The van der Waals surface area contributed by atoms with Gasteiger partial charge in [0, 0.05) is 32.9 Å². The van der Waals surface area contributed by atoms with Crippen molar-refractivity contribution in [3.8, 4) is 0 Å². The smallest absolute Gasteiger partial charge is 0.274 e. The Hall–Kier alpha value is -2.25. The van der Waals surface area contributed by atoms with Gasteiger partial charge in [0.1, 0.15) is 11.5 Å². The first-order valence-corrected chi connectivity index (χ1v) is 8.29. The van der Waals surface area contributed by atoms with Crippen molar-refractivity contribution < 1.29 is 14.3 Å². The van der Waals surface area contributed by atoms with Gasteiger partial charge >= 0.3 is 0 Å². The standard InChI is InChI=1S/C18H23FN4O2/c1-21(11-14-3-5-15(19)6-4-14)12-18(25)8-10-23(13-18)17(24)16-7-9-22(2)20-16/h3-7,9,25H,8,10-13H2,1-2H3/t18-/m1/s1. The van der Waals surface area contributed by atoms with Gasteiger partial charge in [-0.2, -0.15) is 5.10 Å². The Bertz CT molecular complexity index is 746. The SMILES string of the molecule is CN(Cc1ccc(F)cc1)C[C@]1(O)CCN(C(=O)c2ccn(C)n2)C1. The maximum absolute atomic E-state index is 13.0. The summed E-state index contributed by atoms with van der Waals surface area (Å²) in [4.78, 5) is 16.1. The molecule has 1 saturated heterocycles. The van der Waals surface area contributed by atoms with Crippen LogP contribution in [0.2, 0.25) is 0 Å². The molecular formula is C18H23FN4O2. The number of rotatable bonds is 5. The van der Waals surface area contributed by atoms with Crippen molar-refractivity contribution in [1.29, 1.82) is 0 Å². The fraction of sp³-hybridized carbons (Fsp3) is 0.444. The first-order chi connectivity index (χ1) is 11.8. The van der Waals surface area contributed by atoms with Crippen LogP contribution in [0.15, 0.2) is 36.5 Å². The normalized spacial score (nSPS) is 20.4. The van der Waals surface area contributed by atoms with Crippen molar-refractivity contribution in [2.24, 2.45) is 7.05 Å². The van der Waals surface area contributed by atoms with E-state index >= 15 is 0 Å². The van der Waals surface area contributed by atoms with E-state index in [1.807, 2.05) is 11.9 Å². The van der Waals surface area contributed by atoms with Crippen LogP contribution in [-0.2, 0) is 13.6 Å². The van der Waals surface area contributed by atoms with Crippen LogP contribution < -0.4 is 0 Å². The van der Waals surface area contributed by atoms with E-state index in [1.54, 1.807) is 41.0 Å². The molecule has 1 aromatic carbocycles. The largest absolute Gasteiger partial charge is 0.387 e. The minimum absolute atomic E-state index is 0.155. The first kappa shape index (κ1) is 17.6. The Kier molecular flexibility index (Phi) is 4.87. The summed E-state index contributed by atoms with van der Waals surface area (Å²) in [6.07, 6.45) is 2.26. The zero-order chi connectivity index (χ0) is 18.0. The van der Waals surface area contributed by atoms with Crippen LogP contribution in [-0.4, -0.2) is 62.9 Å². The number of amides is 1. The van der Waals surface area contributed by atoms with Crippen molar-refractivity contribution in [2.45, 2.75) is 18.6 Å². The fourth-order valence-electron chi connectivity index (χ4n) is 3.31. The topological polar surface area (TPSA) is 61.6 Å². The molecule has 1 aliphatic heterocycles. The highest BCUT2D eigenvalue weighted by molar-refractivity contribution is 5.92. The quantitative estimate of drug-likeness (QED) is 0.886. The number of likely N-dealkylation sites (N-methyl/N-ethyl adjacent to an activating group) is 1. The molecule has 134 valence electrons. The van der Waals surface area contributed by atoms with E-state index in [4.69, 9.17) is 0 Å². The average molecular weight is 346 g/mol. The third kappa shape index (κ3) is 4.24. The number of carbonyl (C=O) groups is 1. The number of likely N-dealkylation sites (tertiary alicyclic amines) is 1. The van der Waals surface area contributed by atoms with Crippen molar-refractivity contribution in [1.82, 2.24) is 19.6 Å². The van der Waals surface area contributed by atoms with Gasteiger partial charge in [-0.25, -0.2) is 4.39 Å². The van der Waals surface area contributed by atoms with Gasteiger partial charge in [-0.15, -0.1) is 0 Å². The minimum atomic E-state index is -0.945. The van der Waals surface area contributed by atoms with Crippen molar-refractivity contribution in [2.75, 3.05) is 26.7 Å². The molecule has 1 N–H and O–H groups in total. The number of aryl methyl sites for hydroxylation is 1. The molecule has 2 aromatic rings. The van der Waals surface area contributed by atoms with Crippen LogP contribution in [0, 0.1) is 5.82 Å². The predicted octanol–water partition coefficient (Wildman–Crippen LogP) is 1.27. The summed E-state index contributed by atoms with van der Waals surface area (Å²) in [6.45, 7) is 1.85. The molecule has 0 unspecified atom stereocenters. The highest BCUT2D eigenvalue weighted by atomic mass is 19.1. The van der Waals surface area contributed by atoms with Gasteiger partial charge in [0.05, 0.1) is 12.1 Å². The Labute approximate surface area is 146 Å². The summed E-state index contributed by atoms with van der Waals surface area (Å²) in [7, 11) is 3.67. The lowest BCUT2D eigenvalue weighted by molar-refractivity contribution is 0.0163. The van der Waals surface area contributed by atoms with Crippen LogP contribution in [0.25, 0.3) is 0 Å². The molecule has 1 atom stereocenters. The van der Waals surface area contributed by atoms with E-state index in [9.17, 15) is 14.3 Å². The lowest BCUT2D eigenvalue weighted by Crippen LogP contribution is -2.44. The first-order valence-electron chi connectivity index (χ1n) is 8.29. The van der Waals surface area contributed by atoms with E-state index in [-0.39, 0.29) is 18.3 Å². The summed E-state index contributed by atoms with van der Waals surface area (Å²) < 4.78 is 14.6. The molecular weight excluding hydrogens is 323 g/mol. The number of aromatic nitrogens is 2. The summed E-state index contributed by atoms with van der Waals surface area (Å²) >= 11 is 0. The van der Waals surface area contributed by atoms with Gasteiger partial charge in [-0.1, -0.05) is 12.1 Å². The molecule has 0 radical (unpaired) electrons. The highest BCUT2D eigenvalue weighted by Gasteiger charge is 2.39. The van der Waals surface area contributed by atoms with Crippen LogP contribution in [0.5, 0.6) is 0 Å². The number of carbonyl (C=O) groups excluding carboxylic acids is 1. The van der Waals surface area contributed by atoms with E-state index < -0.39 is 5.60 Å². The van der Waals surface area contributed by atoms with Crippen LogP contribution in [0.1, 0.15) is 22.5 Å². The van der Waals surface area contributed by atoms with Crippen molar-refractivity contribution in [3.63, 3.8) is 0 Å². The Balaban J connectivity index is 1.57. The van der Waals surface area contributed by atoms with Gasteiger partial charge in [0.2, 0.25) is 0 Å². The molecule has 1 fully saturated rings. The van der Waals surface area contributed by atoms with Crippen LogP contribution in [0.3, 0.4) is 0 Å². The fourth-order valence-corrected chi connectivity index (χ4v) is 3.31. The van der Waals surface area contributed by atoms with Crippen LogP contribution in [0.4, 0.5) is 4.39 Å². The van der Waals surface area contributed by atoms with Gasteiger partial charge in [0.25, 0.3) is 5.91 Å². The molecule has 25 heavy (non-hydrogen) atoms. The van der Waals surface area contributed by atoms with E-state index in [1.165, 1.54) is 12.1 Å². The second-order valence-electron chi connectivity index (χ2n) is 6.87. The second-order valence-corrected chi connectivity index (χ2v) is 6.87. The molecule has 0 saturated carbocycles. The lowest BCUT2D eigenvalue weighted by Gasteiger charge is -2.29. The minimum Gasteiger partial charge on any atom is -0.387 e. The summed E-state index contributed by atoms with van der Waals surface area (Å²) in [6, 6.07) is 8.02. The molecule has 0 aliphatic carbocycles. The zero-order valence-electron chi connectivity index (χ0n) is 14.5. The molecule has 2 heterocycles. The third-order valence-corrected chi connectivity index (χ3v) is 4.48. The highest BCUT2D eigenvalue weighted by Crippen LogP contribution is 2.24. The number of benzene rings is 1. The monoisotopic (exact) mass is 346 g/mol. The number of hydrogen-bond acceptors (Lipinski definition) is 4. The molecule has 7 heteroatoms. The molecule has 1 aliphatic rings. The van der Waals surface area contributed by atoms with Crippen molar-refractivity contribution >= 4 is 5.91 Å². The van der Waals surface area contributed by atoms with E-state index in [0.717, 1.165) is 5.56 Å². The number of aliphatic hydroxyl groups is 1. The molecule has 3 rings (SSSR count). The predicted molar refractivity (Wildman–Crippen MR) is 91.4 cm³/mol. The molecule has 1 amide bonds. The van der Waals surface area contributed by atoms with Gasteiger partial charge in [-0.05, 0) is 37.2 Å². The lowest BCUT2D eigenvalue weighted by atomic mass is 10.0. The number of hydrogen-bond donors (Lipinski definition) is 1. The molecule has 0 bridgehead atoms. The van der Waals surface area contributed by atoms with Gasteiger partial charge < -0.3 is 10.0 Å². The maximum atomic E-state index is 13.0. The summed E-state index contributed by atoms with van der Waals surface area (Å²) in [5, 5.41) is 15.0. The van der Waals surface area contributed by atoms with E-state index in [2.05, 4.69) is 5.10 Å². The van der Waals surface area contributed by atoms with Crippen LogP contribution >= 0.6 is 0 Å². The molecule has 0 spiro atoms. The second kappa shape index (κ2) is 6.93. The Morgan fingerprint density at radius 1 is 1.36 bits per heavy atom. The zero-order valence-corrected chi connectivity index (χ0v) is 14.5. The Morgan fingerprint density at radius 2 is 2.08 bits per heavy atom. The molecule has 1 aromatic heterocycles. The Morgan fingerprint density at radius 3 is 2.72 bits per heavy atom. The average Bonchev–Trinajstić information content (AvgIpc) is 3.15. The maximum Gasteiger partial charge on any atom is 0.274 e. The number of β-amino-alcohol motifs (C(OH)–C–C–N with tert-alkyl or cyclic N) is 1. The summed E-state index contributed by atoms with van der Waals surface area (Å²) in [5.74, 6) is -0.415. The van der Waals surface area contributed by atoms with E-state index in [0.29, 0.717) is 31.7 Å². The van der Waals surface area contributed by atoms with Gasteiger partial charge in [0.15, 0.2) is 0 Å². The number of nitrogens with zero attached hydrogens (tertiary/aromatic N) is 4. The molecule has 6 nitrogen and oxygen atoms in total. The van der Waals surface area contributed by atoms with Gasteiger partial charge in [-0.3, -0.25) is 14.4 Å². The summed E-state index contributed by atoms with van der Waals surface area (Å²) in [5.41, 5.74) is 0.428.